The van der Waals surface area contributed by atoms with Crippen LogP contribution in [0.25, 0.3) is 10.2 Å². The second kappa shape index (κ2) is 7.27. The lowest BCUT2D eigenvalue weighted by Crippen LogP contribution is -2.15. The smallest absolute Gasteiger partial charge is 0.230 e. The summed E-state index contributed by atoms with van der Waals surface area (Å²) in [7, 11) is 0. The molecule has 0 aliphatic carbocycles. The highest BCUT2D eigenvalue weighted by molar-refractivity contribution is 9.10. The second-order valence-corrected chi connectivity index (χ2v) is 6.90. The van der Waals surface area contributed by atoms with E-state index in [9.17, 15) is 9.18 Å². The van der Waals surface area contributed by atoms with Crippen LogP contribution in [0.2, 0.25) is 0 Å². The van der Waals surface area contributed by atoms with Crippen molar-refractivity contribution >= 4 is 48.5 Å². The van der Waals surface area contributed by atoms with E-state index in [0.29, 0.717) is 21.8 Å². The molecule has 2 aromatic carbocycles. The van der Waals surface area contributed by atoms with Gasteiger partial charge in [-0.2, -0.15) is 0 Å². The third kappa shape index (κ3) is 3.73. The summed E-state index contributed by atoms with van der Waals surface area (Å²) in [5.74, 6) is 0.0390. The monoisotopic (exact) mass is 408 g/mol. The van der Waals surface area contributed by atoms with Gasteiger partial charge < -0.3 is 10.1 Å². The van der Waals surface area contributed by atoms with Crippen LogP contribution < -0.4 is 10.1 Å². The first-order chi connectivity index (χ1) is 11.6. The van der Waals surface area contributed by atoms with Gasteiger partial charge in [0.05, 0.1) is 27.7 Å². The van der Waals surface area contributed by atoms with Gasteiger partial charge in [-0.3, -0.25) is 4.79 Å². The van der Waals surface area contributed by atoms with Crippen LogP contribution in [-0.4, -0.2) is 17.5 Å². The molecule has 1 aromatic heterocycles. The number of hydrogen-bond donors (Lipinski definition) is 1. The Bertz CT molecular complexity index is 897. The summed E-state index contributed by atoms with van der Waals surface area (Å²) >= 11 is 4.47. The van der Waals surface area contributed by atoms with Gasteiger partial charge in [0.1, 0.15) is 11.6 Å². The summed E-state index contributed by atoms with van der Waals surface area (Å²) in [6.45, 7) is 2.51. The number of aromatic nitrogens is 1. The maximum absolute atomic E-state index is 13.9. The molecule has 1 N–H and O–H groups in total. The van der Waals surface area contributed by atoms with Crippen molar-refractivity contribution in [2.45, 2.75) is 13.3 Å². The zero-order valence-corrected chi connectivity index (χ0v) is 15.2. The van der Waals surface area contributed by atoms with Gasteiger partial charge in [0.25, 0.3) is 0 Å². The Morgan fingerprint density at radius 1 is 1.38 bits per heavy atom. The molecule has 0 fully saturated rings. The van der Waals surface area contributed by atoms with Crippen molar-refractivity contribution in [2.24, 2.45) is 0 Å². The van der Waals surface area contributed by atoms with E-state index < -0.39 is 5.82 Å². The molecule has 4 nitrogen and oxygen atoms in total. The molecule has 3 rings (SSSR count). The lowest BCUT2D eigenvalue weighted by Gasteiger charge is -2.04. The summed E-state index contributed by atoms with van der Waals surface area (Å²) in [6, 6.07) is 10.5. The van der Waals surface area contributed by atoms with E-state index in [1.807, 2.05) is 25.1 Å². The molecule has 24 heavy (non-hydrogen) atoms. The molecular weight excluding hydrogens is 395 g/mol. The first kappa shape index (κ1) is 16.9. The van der Waals surface area contributed by atoms with Gasteiger partial charge in [0.15, 0.2) is 5.13 Å². The second-order valence-electron chi connectivity index (χ2n) is 5.02. The Kier molecular flexibility index (Phi) is 5.11. The van der Waals surface area contributed by atoms with E-state index in [0.717, 1.165) is 16.0 Å². The lowest BCUT2D eigenvalue weighted by atomic mass is 10.1. The van der Waals surface area contributed by atoms with E-state index in [1.54, 1.807) is 18.2 Å². The molecule has 0 bridgehead atoms. The van der Waals surface area contributed by atoms with Crippen LogP contribution in [0.4, 0.5) is 9.52 Å². The minimum atomic E-state index is -0.418. The number of anilines is 1. The van der Waals surface area contributed by atoms with E-state index in [4.69, 9.17) is 4.74 Å². The predicted molar refractivity (Wildman–Crippen MR) is 97.2 cm³/mol. The highest BCUT2D eigenvalue weighted by Crippen LogP contribution is 2.29. The Balaban J connectivity index is 1.74. The van der Waals surface area contributed by atoms with Gasteiger partial charge in [-0.05, 0) is 52.7 Å². The number of carbonyl (C=O) groups is 1. The highest BCUT2D eigenvalue weighted by Gasteiger charge is 2.13. The minimum absolute atomic E-state index is 0.0502. The molecule has 1 heterocycles. The minimum Gasteiger partial charge on any atom is -0.494 e. The number of ether oxygens (including phenoxy) is 1. The van der Waals surface area contributed by atoms with Gasteiger partial charge in [-0.25, -0.2) is 9.37 Å². The van der Waals surface area contributed by atoms with Crippen molar-refractivity contribution < 1.29 is 13.9 Å². The number of hydrogen-bond acceptors (Lipinski definition) is 4. The maximum Gasteiger partial charge on any atom is 0.230 e. The van der Waals surface area contributed by atoms with Crippen molar-refractivity contribution in [1.29, 1.82) is 0 Å². The number of nitrogens with one attached hydrogen (secondary N) is 1. The summed E-state index contributed by atoms with van der Waals surface area (Å²) in [6.07, 6.45) is -0.0502. The molecular formula is C17H14BrFN2O2S. The molecule has 7 heteroatoms. The van der Waals surface area contributed by atoms with Crippen LogP contribution in [0.15, 0.2) is 40.9 Å². The van der Waals surface area contributed by atoms with Crippen molar-refractivity contribution in [2.75, 3.05) is 11.9 Å². The first-order valence-corrected chi connectivity index (χ1v) is 8.94. The van der Waals surface area contributed by atoms with Gasteiger partial charge in [-0.1, -0.05) is 23.5 Å². The van der Waals surface area contributed by atoms with E-state index in [-0.39, 0.29) is 12.3 Å². The Morgan fingerprint density at radius 2 is 2.21 bits per heavy atom. The number of carbonyl (C=O) groups excluding carboxylic acids is 1. The van der Waals surface area contributed by atoms with Crippen LogP contribution in [0.5, 0.6) is 5.75 Å². The summed E-state index contributed by atoms with van der Waals surface area (Å²) < 4.78 is 20.6. The van der Waals surface area contributed by atoms with Crippen LogP contribution in [-0.2, 0) is 11.2 Å². The van der Waals surface area contributed by atoms with E-state index in [1.165, 1.54) is 11.3 Å². The lowest BCUT2D eigenvalue weighted by molar-refractivity contribution is -0.115. The molecule has 1 amide bonds. The predicted octanol–water partition coefficient (Wildman–Crippen LogP) is 4.78. The molecule has 3 aromatic rings. The molecule has 124 valence electrons. The van der Waals surface area contributed by atoms with E-state index >= 15 is 0 Å². The third-order valence-corrected chi connectivity index (χ3v) is 4.85. The maximum atomic E-state index is 13.9. The van der Waals surface area contributed by atoms with Gasteiger partial charge in [-0.15, -0.1) is 0 Å². The molecule has 0 radical (unpaired) electrons. The van der Waals surface area contributed by atoms with Crippen LogP contribution in [0, 0.1) is 5.82 Å². The fourth-order valence-electron chi connectivity index (χ4n) is 2.24. The Labute approximate surface area is 150 Å². The summed E-state index contributed by atoms with van der Waals surface area (Å²) in [4.78, 5) is 16.5. The summed E-state index contributed by atoms with van der Waals surface area (Å²) in [5.41, 5.74) is 1.12. The Hall–Kier alpha value is -1.99. The molecule has 0 spiro atoms. The number of thiazole rings is 1. The number of benzene rings is 2. The fraction of sp³-hybridized carbons (Fsp3) is 0.176. The van der Waals surface area contributed by atoms with Crippen LogP contribution >= 0.6 is 27.3 Å². The van der Waals surface area contributed by atoms with Gasteiger partial charge in [0, 0.05) is 0 Å². The number of nitrogens with zero attached hydrogens (tertiary/aromatic N) is 1. The fourth-order valence-corrected chi connectivity index (χ4v) is 3.55. The molecule has 0 atom stereocenters. The van der Waals surface area contributed by atoms with Crippen molar-refractivity contribution in [3.8, 4) is 5.75 Å². The topological polar surface area (TPSA) is 51.2 Å². The number of rotatable bonds is 5. The SMILES string of the molecule is CCOc1ccc2nc(NC(=O)Cc3cccc(Br)c3F)sc2c1. The molecule has 0 saturated carbocycles. The normalized spacial score (nSPS) is 10.8. The van der Waals surface area contributed by atoms with Gasteiger partial charge in [0.2, 0.25) is 5.91 Å². The van der Waals surface area contributed by atoms with Crippen molar-refractivity contribution in [3.63, 3.8) is 0 Å². The molecule has 0 aliphatic heterocycles. The highest BCUT2D eigenvalue weighted by atomic mass is 79.9. The largest absolute Gasteiger partial charge is 0.494 e. The third-order valence-electron chi connectivity index (χ3n) is 3.30. The average Bonchev–Trinajstić information content (AvgIpc) is 2.93. The standard InChI is InChI=1S/C17H14BrFN2O2S/c1-2-23-11-6-7-13-14(9-11)24-17(20-13)21-15(22)8-10-4-3-5-12(18)16(10)19/h3-7,9H,2,8H2,1H3,(H,20,21,22). The average molecular weight is 409 g/mol. The van der Waals surface area contributed by atoms with Crippen molar-refractivity contribution in [1.82, 2.24) is 4.98 Å². The molecule has 0 aliphatic rings. The van der Waals surface area contributed by atoms with E-state index in [2.05, 4.69) is 26.2 Å². The molecule has 0 unspecified atom stereocenters. The number of halogens is 2. The van der Waals surface area contributed by atoms with Crippen LogP contribution in [0.1, 0.15) is 12.5 Å². The number of amides is 1. The summed E-state index contributed by atoms with van der Waals surface area (Å²) in [5, 5.41) is 3.21. The quantitative estimate of drug-likeness (QED) is 0.660. The zero-order chi connectivity index (χ0) is 17.1. The van der Waals surface area contributed by atoms with Gasteiger partial charge >= 0.3 is 0 Å². The zero-order valence-electron chi connectivity index (χ0n) is 12.8. The molecule has 0 saturated heterocycles. The first-order valence-electron chi connectivity index (χ1n) is 7.33. The van der Waals surface area contributed by atoms with Crippen molar-refractivity contribution in [3.05, 3.63) is 52.3 Å². The Morgan fingerprint density at radius 3 is 3.00 bits per heavy atom. The number of fused-ring (bicyclic) bond motifs is 1. The van der Waals surface area contributed by atoms with Crippen LogP contribution in [0.3, 0.4) is 0 Å².